The van der Waals surface area contributed by atoms with Crippen LogP contribution in [0.3, 0.4) is 0 Å². The minimum Gasteiger partial charge on any atom is -0.468 e. The molecule has 3 aromatic rings. The first-order valence-electron chi connectivity index (χ1n) is 9.36. The second kappa shape index (κ2) is 9.75. The smallest absolute Gasteiger partial charge is 0.191 e. The van der Waals surface area contributed by atoms with Gasteiger partial charge in [0, 0.05) is 32.5 Å². The van der Waals surface area contributed by atoms with E-state index in [4.69, 9.17) is 4.42 Å². The van der Waals surface area contributed by atoms with Crippen LogP contribution in [0, 0.1) is 0 Å². The van der Waals surface area contributed by atoms with Gasteiger partial charge in [0.2, 0.25) is 0 Å². The molecule has 3 rings (SSSR count). The molecule has 2 heterocycles. The highest BCUT2D eigenvalue weighted by Crippen LogP contribution is 2.17. The van der Waals surface area contributed by atoms with Crippen LogP contribution in [0.15, 0.2) is 70.5 Å². The van der Waals surface area contributed by atoms with Crippen molar-refractivity contribution in [3.05, 3.63) is 78.0 Å². The van der Waals surface area contributed by atoms with Gasteiger partial charge >= 0.3 is 0 Å². The molecule has 7 heteroatoms. The molecule has 148 valence electrons. The quantitative estimate of drug-likeness (QED) is 0.464. The standard InChI is InChI=1S/C21H28N6O/c1-22-21(24-15-19(26(2)3)20-10-6-13-28-20)23-14-17-8-4-5-9-18(17)16-27-12-7-11-25-27/h4-13,19H,14-16H2,1-3H3,(H2,22,23,24). The lowest BCUT2D eigenvalue weighted by molar-refractivity contribution is 0.258. The van der Waals surface area contributed by atoms with Gasteiger partial charge in [0.05, 0.1) is 18.8 Å². The van der Waals surface area contributed by atoms with Crippen molar-refractivity contribution in [2.45, 2.75) is 19.1 Å². The van der Waals surface area contributed by atoms with Gasteiger partial charge in [0.1, 0.15) is 5.76 Å². The van der Waals surface area contributed by atoms with E-state index in [2.05, 4.69) is 49.9 Å². The third-order valence-electron chi connectivity index (χ3n) is 4.64. The van der Waals surface area contributed by atoms with E-state index in [1.807, 2.05) is 43.2 Å². The zero-order valence-electron chi connectivity index (χ0n) is 16.7. The van der Waals surface area contributed by atoms with Crippen molar-refractivity contribution in [2.24, 2.45) is 4.99 Å². The molecule has 7 nitrogen and oxygen atoms in total. The third-order valence-corrected chi connectivity index (χ3v) is 4.64. The summed E-state index contributed by atoms with van der Waals surface area (Å²) < 4.78 is 7.50. The van der Waals surface area contributed by atoms with Gasteiger partial charge in [-0.25, -0.2) is 0 Å². The number of nitrogens with one attached hydrogen (secondary N) is 2. The lowest BCUT2D eigenvalue weighted by Gasteiger charge is -2.24. The molecular weight excluding hydrogens is 352 g/mol. The molecule has 1 atom stereocenters. The molecule has 0 amide bonds. The van der Waals surface area contributed by atoms with Crippen LogP contribution in [0.4, 0.5) is 0 Å². The van der Waals surface area contributed by atoms with E-state index < -0.39 is 0 Å². The summed E-state index contributed by atoms with van der Waals surface area (Å²) in [6, 6.07) is 14.3. The van der Waals surface area contributed by atoms with Crippen LogP contribution in [-0.2, 0) is 13.1 Å². The maximum Gasteiger partial charge on any atom is 0.191 e. The molecule has 0 spiro atoms. The van der Waals surface area contributed by atoms with Gasteiger partial charge in [-0.3, -0.25) is 14.6 Å². The SMILES string of the molecule is CN=C(NCc1ccccc1Cn1cccn1)NCC(c1ccco1)N(C)C. The molecule has 0 fully saturated rings. The highest BCUT2D eigenvalue weighted by molar-refractivity contribution is 5.79. The average molecular weight is 380 g/mol. The van der Waals surface area contributed by atoms with Crippen LogP contribution in [-0.4, -0.2) is 48.3 Å². The molecule has 0 aliphatic heterocycles. The Bertz CT molecular complexity index is 855. The number of hydrogen-bond donors (Lipinski definition) is 2. The van der Waals surface area contributed by atoms with Crippen molar-refractivity contribution < 1.29 is 4.42 Å². The summed E-state index contributed by atoms with van der Waals surface area (Å²) in [5.74, 6) is 1.69. The number of likely N-dealkylation sites (N-methyl/N-ethyl adjacent to an activating group) is 1. The van der Waals surface area contributed by atoms with Gasteiger partial charge in [-0.05, 0) is 43.4 Å². The van der Waals surface area contributed by atoms with E-state index in [1.54, 1.807) is 19.5 Å². The molecular formula is C21H28N6O. The normalized spacial score (nSPS) is 12.9. The van der Waals surface area contributed by atoms with Gasteiger partial charge in [-0.2, -0.15) is 5.10 Å². The molecule has 1 aromatic carbocycles. The van der Waals surface area contributed by atoms with Crippen LogP contribution < -0.4 is 10.6 Å². The first kappa shape index (κ1) is 19.7. The number of guanidine groups is 1. The molecule has 0 saturated carbocycles. The molecule has 0 aliphatic carbocycles. The van der Waals surface area contributed by atoms with Crippen molar-refractivity contribution in [2.75, 3.05) is 27.7 Å². The minimum absolute atomic E-state index is 0.126. The Morgan fingerprint density at radius 2 is 1.96 bits per heavy atom. The van der Waals surface area contributed by atoms with Crippen molar-refractivity contribution in [1.29, 1.82) is 0 Å². The number of nitrogens with zero attached hydrogens (tertiary/aromatic N) is 4. The Hall–Kier alpha value is -3.06. The molecule has 28 heavy (non-hydrogen) atoms. The van der Waals surface area contributed by atoms with E-state index in [0.29, 0.717) is 13.1 Å². The largest absolute Gasteiger partial charge is 0.468 e. The second-order valence-corrected chi connectivity index (χ2v) is 6.77. The highest BCUT2D eigenvalue weighted by Gasteiger charge is 2.17. The van der Waals surface area contributed by atoms with Crippen LogP contribution in [0.5, 0.6) is 0 Å². The van der Waals surface area contributed by atoms with Crippen molar-refractivity contribution >= 4 is 5.96 Å². The molecule has 0 bridgehead atoms. The molecule has 0 radical (unpaired) electrons. The fraction of sp³-hybridized carbons (Fsp3) is 0.333. The van der Waals surface area contributed by atoms with Crippen molar-refractivity contribution in [3.63, 3.8) is 0 Å². The summed E-state index contributed by atoms with van der Waals surface area (Å²) in [5.41, 5.74) is 2.45. The predicted molar refractivity (Wildman–Crippen MR) is 111 cm³/mol. The fourth-order valence-corrected chi connectivity index (χ4v) is 3.06. The van der Waals surface area contributed by atoms with Crippen LogP contribution in [0.2, 0.25) is 0 Å². The summed E-state index contributed by atoms with van der Waals surface area (Å²) in [6.07, 6.45) is 5.48. The Labute approximate surface area is 166 Å². The van der Waals surface area contributed by atoms with Gasteiger partial charge in [0.25, 0.3) is 0 Å². The van der Waals surface area contributed by atoms with E-state index in [0.717, 1.165) is 18.3 Å². The molecule has 2 N–H and O–H groups in total. The number of benzene rings is 1. The van der Waals surface area contributed by atoms with Crippen LogP contribution in [0.1, 0.15) is 22.9 Å². The number of aliphatic imine (C=N–C) groups is 1. The van der Waals surface area contributed by atoms with Crippen LogP contribution in [0.25, 0.3) is 0 Å². The van der Waals surface area contributed by atoms with Gasteiger partial charge in [0.15, 0.2) is 5.96 Å². The van der Waals surface area contributed by atoms with Crippen molar-refractivity contribution in [1.82, 2.24) is 25.3 Å². The Balaban J connectivity index is 1.59. The van der Waals surface area contributed by atoms with E-state index in [1.165, 1.54) is 11.1 Å². The first-order chi connectivity index (χ1) is 13.7. The number of hydrogen-bond acceptors (Lipinski definition) is 4. The monoisotopic (exact) mass is 380 g/mol. The Kier molecular flexibility index (Phi) is 6.86. The minimum atomic E-state index is 0.126. The maximum absolute atomic E-state index is 5.57. The van der Waals surface area contributed by atoms with Crippen molar-refractivity contribution in [3.8, 4) is 0 Å². The zero-order valence-corrected chi connectivity index (χ0v) is 16.7. The van der Waals surface area contributed by atoms with Crippen LogP contribution >= 0.6 is 0 Å². The first-order valence-corrected chi connectivity index (χ1v) is 9.36. The topological polar surface area (TPSA) is 70.6 Å². The Morgan fingerprint density at radius 3 is 2.61 bits per heavy atom. The zero-order chi connectivity index (χ0) is 19.8. The fourth-order valence-electron chi connectivity index (χ4n) is 3.06. The van der Waals surface area contributed by atoms with E-state index >= 15 is 0 Å². The highest BCUT2D eigenvalue weighted by atomic mass is 16.3. The predicted octanol–water partition coefficient (Wildman–Crippen LogP) is 2.49. The van der Waals surface area contributed by atoms with E-state index in [-0.39, 0.29) is 6.04 Å². The molecule has 1 unspecified atom stereocenters. The summed E-state index contributed by atoms with van der Waals surface area (Å²) in [7, 11) is 5.86. The second-order valence-electron chi connectivity index (χ2n) is 6.77. The maximum atomic E-state index is 5.57. The van der Waals surface area contributed by atoms with Gasteiger partial charge in [-0.15, -0.1) is 0 Å². The third kappa shape index (κ3) is 5.23. The van der Waals surface area contributed by atoms with Gasteiger partial charge < -0.3 is 15.1 Å². The lowest BCUT2D eigenvalue weighted by Crippen LogP contribution is -2.41. The summed E-state index contributed by atoms with van der Waals surface area (Å²) >= 11 is 0. The molecule has 2 aromatic heterocycles. The summed E-state index contributed by atoms with van der Waals surface area (Å²) in [4.78, 5) is 6.47. The summed E-state index contributed by atoms with van der Waals surface area (Å²) in [5, 5.41) is 11.1. The number of aromatic nitrogens is 2. The summed E-state index contributed by atoms with van der Waals surface area (Å²) in [6.45, 7) is 2.12. The number of furan rings is 1. The van der Waals surface area contributed by atoms with E-state index in [9.17, 15) is 0 Å². The van der Waals surface area contributed by atoms with Gasteiger partial charge in [-0.1, -0.05) is 24.3 Å². The average Bonchev–Trinajstić information content (AvgIpc) is 3.39. The Morgan fingerprint density at radius 1 is 1.14 bits per heavy atom. The lowest BCUT2D eigenvalue weighted by atomic mass is 10.1. The molecule has 0 aliphatic rings. The number of rotatable bonds is 8. The molecule has 0 saturated heterocycles.